The lowest BCUT2D eigenvalue weighted by Gasteiger charge is -2.35. The molecule has 28 heavy (non-hydrogen) atoms. The second-order valence-electron chi connectivity index (χ2n) is 6.79. The van der Waals surface area contributed by atoms with Crippen LogP contribution in [0.2, 0.25) is 0 Å². The normalized spacial score (nSPS) is 17.1. The molecule has 0 saturated carbocycles. The Bertz CT molecular complexity index is 1070. The Morgan fingerprint density at radius 3 is 2.79 bits per heavy atom. The van der Waals surface area contributed by atoms with E-state index in [-0.39, 0.29) is 6.04 Å². The zero-order valence-corrected chi connectivity index (χ0v) is 15.1. The number of carbonyl (C=O) groups is 1. The van der Waals surface area contributed by atoms with Crippen LogP contribution >= 0.6 is 0 Å². The number of carboxylic acids is 1. The largest absolute Gasteiger partial charge is 0.478 e. The molecule has 0 bridgehead atoms. The minimum atomic E-state index is -1.36. The maximum atomic E-state index is 14.5. The van der Waals surface area contributed by atoms with Crippen molar-refractivity contribution >= 4 is 22.7 Å². The van der Waals surface area contributed by atoms with Crippen molar-refractivity contribution in [2.45, 2.75) is 13.0 Å². The molecule has 1 atom stereocenters. The summed E-state index contributed by atoms with van der Waals surface area (Å²) in [6.45, 7) is 4.36. The minimum Gasteiger partial charge on any atom is -0.478 e. The van der Waals surface area contributed by atoms with Crippen molar-refractivity contribution in [1.82, 2.24) is 15.3 Å². The molecule has 2 heterocycles. The van der Waals surface area contributed by atoms with Crippen molar-refractivity contribution < 1.29 is 18.7 Å². The summed E-state index contributed by atoms with van der Waals surface area (Å²) < 4.78 is 28.6. The molecule has 0 aliphatic carbocycles. The van der Waals surface area contributed by atoms with Crippen LogP contribution in [0.4, 0.5) is 14.6 Å². The first-order valence-corrected chi connectivity index (χ1v) is 8.90. The van der Waals surface area contributed by atoms with Crippen LogP contribution in [0.3, 0.4) is 0 Å². The Kier molecular flexibility index (Phi) is 4.64. The number of hydrogen-bond acceptors (Lipinski definition) is 5. The first-order chi connectivity index (χ1) is 13.5. The predicted octanol–water partition coefficient (Wildman–Crippen LogP) is 3.07. The highest BCUT2D eigenvalue weighted by atomic mass is 19.1. The lowest BCUT2D eigenvalue weighted by Crippen LogP contribution is -2.50. The Morgan fingerprint density at radius 2 is 2.07 bits per heavy atom. The van der Waals surface area contributed by atoms with E-state index < -0.39 is 23.2 Å². The molecule has 0 radical (unpaired) electrons. The number of aromatic carboxylic acids is 1. The molecule has 1 aliphatic heterocycles. The molecule has 4 rings (SSSR count). The van der Waals surface area contributed by atoms with Crippen LogP contribution in [-0.2, 0) is 0 Å². The lowest BCUT2D eigenvalue weighted by atomic mass is 10.00. The van der Waals surface area contributed by atoms with Gasteiger partial charge in [-0.3, -0.25) is 0 Å². The maximum absolute atomic E-state index is 14.5. The first kappa shape index (κ1) is 18.2. The quantitative estimate of drug-likeness (QED) is 0.723. The molecular weight excluding hydrogens is 366 g/mol. The maximum Gasteiger partial charge on any atom is 0.338 e. The molecule has 3 aromatic rings. The van der Waals surface area contributed by atoms with Gasteiger partial charge in [0.2, 0.25) is 0 Å². The smallest absolute Gasteiger partial charge is 0.338 e. The van der Waals surface area contributed by atoms with Gasteiger partial charge >= 0.3 is 5.97 Å². The van der Waals surface area contributed by atoms with Gasteiger partial charge in [0.1, 0.15) is 23.8 Å². The van der Waals surface area contributed by atoms with E-state index in [9.17, 15) is 13.6 Å². The van der Waals surface area contributed by atoms with Gasteiger partial charge < -0.3 is 15.3 Å². The number of nitrogens with zero attached hydrogens (tertiary/aromatic N) is 3. The summed E-state index contributed by atoms with van der Waals surface area (Å²) >= 11 is 0. The second kappa shape index (κ2) is 7.12. The van der Waals surface area contributed by atoms with Crippen LogP contribution in [0, 0.1) is 11.6 Å². The van der Waals surface area contributed by atoms with Crippen LogP contribution < -0.4 is 10.2 Å². The van der Waals surface area contributed by atoms with Crippen molar-refractivity contribution in [2.24, 2.45) is 0 Å². The van der Waals surface area contributed by atoms with E-state index in [0.717, 1.165) is 25.7 Å². The Morgan fingerprint density at radius 1 is 1.25 bits per heavy atom. The molecular formula is C20H18F2N4O2. The number of benzene rings is 2. The summed E-state index contributed by atoms with van der Waals surface area (Å²) in [5.74, 6) is -2.11. The van der Waals surface area contributed by atoms with Gasteiger partial charge in [0.25, 0.3) is 0 Å². The van der Waals surface area contributed by atoms with E-state index in [1.165, 1.54) is 30.6 Å². The molecule has 2 aromatic carbocycles. The molecule has 0 amide bonds. The van der Waals surface area contributed by atoms with Gasteiger partial charge in [0.05, 0.1) is 11.1 Å². The third-order valence-electron chi connectivity index (χ3n) is 4.97. The third kappa shape index (κ3) is 3.16. The summed E-state index contributed by atoms with van der Waals surface area (Å²) in [7, 11) is 0. The van der Waals surface area contributed by atoms with Gasteiger partial charge in [-0.2, -0.15) is 0 Å². The molecule has 144 valence electrons. The highest BCUT2D eigenvalue weighted by Gasteiger charge is 2.23. The molecule has 2 N–H and O–H groups in total. The van der Waals surface area contributed by atoms with Crippen molar-refractivity contribution in [2.75, 3.05) is 24.5 Å². The number of piperazine rings is 1. The van der Waals surface area contributed by atoms with Crippen molar-refractivity contribution in [3.8, 4) is 11.1 Å². The Balaban J connectivity index is 1.90. The van der Waals surface area contributed by atoms with Crippen LogP contribution in [0.15, 0.2) is 36.7 Å². The SMILES string of the molecule is CC1CNCCN1c1ncnc2c(-c3ccc(C(=O)O)c(F)c3)cc(F)cc12. The molecule has 0 spiro atoms. The third-order valence-corrected chi connectivity index (χ3v) is 4.97. The summed E-state index contributed by atoms with van der Waals surface area (Å²) in [5.41, 5.74) is 0.788. The van der Waals surface area contributed by atoms with Gasteiger partial charge in [0.15, 0.2) is 0 Å². The number of halogens is 2. The molecule has 1 unspecified atom stereocenters. The van der Waals surface area contributed by atoms with E-state index >= 15 is 0 Å². The van der Waals surface area contributed by atoms with Crippen LogP contribution in [0.25, 0.3) is 22.0 Å². The number of aromatic nitrogens is 2. The zero-order valence-electron chi connectivity index (χ0n) is 15.1. The van der Waals surface area contributed by atoms with E-state index in [2.05, 4.69) is 27.1 Å². The minimum absolute atomic E-state index is 0.172. The van der Waals surface area contributed by atoms with E-state index in [4.69, 9.17) is 5.11 Å². The first-order valence-electron chi connectivity index (χ1n) is 8.90. The van der Waals surface area contributed by atoms with Crippen molar-refractivity contribution in [1.29, 1.82) is 0 Å². The van der Waals surface area contributed by atoms with Gasteiger partial charge in [-0.05, 0) is 36.8 Å². The summed E-state index contributed by atoms with van der Waals surface area (Å²) in [6, 6.07) is 6.54. The number of nitrogens with one attached hydrogen (secondary N) is 1. The standard InChI is InChI=1S/C20H18F2N4O2/c1-11-9-23-4-5-26(11)19-16-8-13(21)7-15(18(16)24-10-25-19)12-2-3-14(20(27)28)17(22)6-12/h2-3,6-8,10-11,23H,4-5,9H2,1H3,(H,27,28). The summed E-state index contributed by atoms with van der Waals surface area (Å²) in [5, 5.41) is 12.9. The molecule has 1 saturated heterocycles. The Labute approximate surface area is 159 Å². The van der Waals surface area contributed by atoms with Gasteiger partial charge in [-0.25, -0.2) is 23.5 Å². The highest BCUT2D eigenvalue weighted by molar-refractivity contribution is 6.00. The van der Waals surface area contributed by atoms with Gasteiger partial charge in [-0.1, -0.05) is 6.07 Å². The van der Waals surface area contributed by atoms with Crippen LogP contribution in [0.1, 0.15) is 17.3 Å². The number of carboxylic acid groups (broad SMARTS) is 1. The lowest BCUT2D eigenvalue weighted by molar-refractivity contribution is 0.0692. The Hall–Kier alpha value is -3.13. The second-order valence-corrected chi connectivity index (χ2v) is 6.79. The predicted molar refractivity (Wildman–Crippen MR) is 102 cm³/mol. The van der Waals surface area contributed by atoms with Crippen molar-refractivity contribution in [3.05, 3.63) is 53.9 Å². The molecule has 1 aliphatic rings. The monoisotopic (exact) mass is 384 g/mol. The summed E-state index contributed by atoms with van der Waals surface area (Å²) in [6.07, 6.45) is 1.41. The molecule has 6 nitrogen and oxygen atoms in total. The number of rotatable bonds is 3. The van der Waals surface area contributed by atoms with Gasteiger partial charge in [0, 0.05) is 36.6 Å². The van der Waals surface area contributed by atoms with Crippen LogP contribution in [-0.4, -0.2) is 46.7 Å². The molecule has 8 heteroatoms. The molecule has 1 aromatic heterocycles. The molecule has 1 fully saturated rings. The number of anilines is 1. The zero-order chi connectivity index (χ0) is 19.8. The number of hydrogen-bond donors (Lipinski definition) is 2. The number of fused-ring (bicyclic) bond motifs is 1. The summed E-state index contributed by atoms with van der Waals surface area (Å²) in [4.78, 5) is 21.8. The highest BCUT2D eigenvalue weighted by Crippen LogP contribution is 2.34. The fourth-order valence-corrected chi connectivity index (χ4v) is 3.58. The average Bonchev–Trinajstić information content (AvgIpc) is 2.67. The van der Waals surface area contributed by atoms with Crippen molar-refractivity contribution in [3.63, 3.8) is 0 Å². The van der Waals surface area contributed by atoms with E-state index in [1.807, 2.05) is 0 Å². The average molecular weight is 384 g/mol. The fourth-order valence-electron chi connectivity index (χ4n) is 3.58. The topological polar surface area (TPSA) is 78.3 Å². The van der Waals surface area contributed by atoms with Gasteiger partial charge in [-0.15, -0.1) is 0 Å². The fraction of sp³-hybridized carbons (Fsp3) is 0.250. The van der Waals surface area contributed by atoms with Crippen LogP contribution in [0.5, 0.6) is 0 Å². The van der Waals surface area contributed by atoms with E-state index in [0.29, 0.717) is 27.8 Å². The van der Waals surface area contributed by atoms with E-state index in [1.54, 1.807) is 0 Å².